The van der Waals surface area contributed by atoms with E-state index in [-0.39, 0.29) is 17.2 Å². The highest BCUT2D eigenvalue weighted by Gasteiger charge is 2.23. The molecule has 27 heavy (non-hydrogen) atoms. The first-order valence-electron chi connectivity index (χ1n) is 8.83. The lowest BCUT2D eigenvalue weighted by Gasteiger charge is -2.28. The van der Waals surface area contributed by atoms with Crippen LogP contribution in [0, 0.1) is 0 Å². The Balaban J connectivity index is 1.59. The molecular formula is C20H19N3O2S2. The highest BCUT2D eigenvalue weighted by molar-refractivity contribution is 8.00. The molecule has 0 saturated carbocycles. The summed E-state index contributed by atoms with van der Waals surface area (Å²) in [5.41, 5.74) is 1.58. The SMILES string of the molecule is CCn1c(SCC(=O)N2CCSc3ccccc32)nc2ccccc2c1=O. The van der Waals surface area contributed by atoms with Crippen LogP contribution in [-0.2, 0) is 11.3 Å². The molecule has 138 valence electrons. The van der Waals surface area contributed by atoms with Crippen molar-refractivity contribution in [2.45, 2.75) is 23.5 Å². The summed E-state index contributed by atoms with van der Waals surface area (Å²) in [6.45, 7) is 3.14. The zero-order valence-corrected chi connectivity index (χ0v) is 16.6. The number of aromatic nitrogens is 2. The number of carbonyl (C=O) groups excluding carboxylic acids is 1. The second-order valence-electron chi connectivity index (χ2n) is 6.11. The van der Waals surface area contributed by atoms with E-state index >= 15 is 0 Å². The highest BCUT2D eigenvalue weighted by atomic mass is 32.2. The maximum absolute atomic E-state index is 12.9. The minimum Gasteiger partial charge on any atom is -0.310 e. The van der Waals surface area contributed by atoms with Crippen molar-refractivity contribution >= 4 is 46.0 Å². The molecule has 1 aliphatic rings. The molecule has 0 fully saturated rings. The Labute approximate surface area is 165 Å². The van der Waals surface area contributed by atoms with Crippen molar-refractivity contribution in [1.82, 2.24) is 9.55 Å². The average molecular weight is 398 g/mol. The number of thioether (sulfide) groups is 2. The Morgan fingerprint density at radius 1 is 1.19 bits per heavy atom. The summed E-state index contributed by atoms with van der Waals surface area (Å²) in [7, 11) is 0. The number of carbonyl (C=O) groups is 1. The van der Waals surface area contributed by atoms with E-state index in [4.69, 9.17) is 0 Å². The summed E-state index contributed by atoms with van der Waals surface area (Å²) in [4.78, 5) is 33.2. The minimum absolute atomic E-state index is 0.0396. The molecule has 1 aliphatic heterocycles. The Kier molecular flexibility index (Phi) is 5.22. The lowest BCUT2D eigenvalue weighted by Crippen LogP contribution is -2.36. The smallest absolute Gasteiger partial charge is 0.262 e. The van der Waals surface area contributed by atoms with E-state index in [0.29, 0.717) is 29.1 Å². The van der Waals surface area contributed by atoms with Crippen LogP contribution in [0.4, 0.5) is 5.69 Å². The number of rotatable bonds is 4. The number of fused-ring (bicyclic) bond motifs is 2. The van der Waals surface area contributed by atoms with Crippen molar-refractivity contribution in [3.63, 3.8) is 0 Å². The molecule has 0 spiro atoms. The molecule has 3 aromatic rings. The molecule has 1 amide bonds. The second-order valence-corrected chi connectivity index (χ2v) is 8.19. The molecule has 0 N–H and O–H groups in total. The third-order valence-corrected chi connectivity index (χ3v) is 6.50. The Hall–Kier alpha value is -2.25. The van der Waals surface area contributed by atoms with Crippen LogP contribution in [0.5, 0.6) is 0 Å². The standard InChI is InChI=1S/C20H19N3O2S2/c1-2-22-19(25)14-7-3-4-8-15(14)21-20(22)27-13-18(24)23-11-12-26-17-10-6-5-9-16(17)23/h3-10H,2,11-13H2,1H3. The normalized spacial score (nSPS) is 13.6. The van der Waals surface area contributed by atoms with Gasteiger partial charge in [-0.25, -0.2) is 4.98 Å². The first kappa shape index (κ1) is 18.1. The van der Waals surface area contributed by atoms with Crippen LogP contribution in [0.2, 0.25) is 0 Å². The molecule has 0 atom stereocenters. The highest BCUT2D eigenvalue weighted by Crippen LogP contribution is 2.34. The fraction of sp³-hybridized carbons (Fsp3) is 0.250. The van der Waals surface area contributed by atoms with Gasteiger partial charge in [0.15, 0.2) is 5.16 Å². The number of benzene rings is 2. The van der Waals surface area contributed by atoms with E-state index in [1.54, 1.807) is 22.4 Å². The van der Waals surface area contributed by atoms with E-state index in [0.717, 1.165) is 16.3 Å². The quantitative estimate of drug-likeness (QED) is 0.497. The van der Waals surface area contributed by atoms with E-state index in [2.05, 4.69) is 4.98 Å². The van der Waals surface area contributed by atoms with E-state index in [1.807, 2.05) is 54.3 Å². The zero-order chi connectivity index (χ0) is 18.8. The number of nitrogens with zero attached hydrogens (tertiary/aromatic N) is 3. The van der Waals surface area contributed by atoms with Crippen LogP contribution < -0.4 is 10.5 Å². The number of amides is 1. The Morgan fingerprint density at radius 2 is 1.96 bits per heavy atom. The zero-order valence-electron chi connectivity index (χ0n) is 14.9. The Morgan fingerprint density at radius 3 is 2.81 bits per heavy atom. The summed E-state index contributed by atoms with van der Waals surface area (Å²) in [6, 6.07) is 15.3. The van der Waals surface area contributed by atoms with Crippen LogP contribution in [0.1, 0.15) is 6.92 Å². The van der Waals surface area contributed by atoms with Gasteiger partial charge in [0.2, 0.25) is 5.91 Å². The molecule has 2 aromatic carbocycles. The van der Waals surface area contributed by atoms with Crippen molar-refractivity contribution in [3.05, 3.63) is 58.9 Å². The molecule has 4 rings (SSSR count). The molecule has 5 nitrogen and oxygen atoms in total. The molecule has 0 aliphatic carbocycles. The third kappa shape index (κ3) is 3.49. The molecule has 0 unspecified atom stereocenters. The lowest BCUT2D eigenvalue weighted by atomic mass is 10.2. The van der Waals surface area contributed by atoms with Gasteiger partial charge in [0.1, 0.15) is 0 Å². The van der Waals surface area contributed by atoms with Crippen LogP contribution in [-0.4, -0.2) is 33.5 Å². The molecule has 2 heterocycles. The molecule has 1 aromatic heterocycles. The Bertz CT molecular complexity index is 1060. The van der Waals surface area contributed by atoms with Crippen molar-refractivity contribution < 1.29 is 4.79 Å². The topological polar surface area (TPSA) is 55.2 Å². The van der Waals surface area contributed by atoms with Crippen molar-refractivity contribution in [1.29, 1.82) is 0 Å². The van der Waals surface area contributed by atoms with Crippen LogP contribution in [0.3, 0.4) is 0 Å². The van der Waals surface area contributed by atoms with Gasteiger partial charge in [-0.3, -0.25) is 14.2 Å². The van der Waals surface area contributed by atoms with Gasteiger partial charge in [-0.15, -0.1) is 11.8 Å². The summed E-state index contributed by atoms with van der Waals surface area (Å²) in [5, 5.41) is 1.20. The average Bonchev–Trinajstić information content (AvgIpc) is 2.71. The summed E-state index contributed by atoms with van der Waals surface area (Å²) < 4.78 is 1.64. The number of anilines is 1. The second kappa shape index (κ2) is 7.78. The van der Waals surface area contributed by atoms with Crippen molar-refractivity contribution in [2.24, 2.45) is 0 Å². The predicted octanol–water partition coefficient (Wildman–Crippen LogP) is 3.65. The van der Waals surface area contributed by atoms with Crippen LogP contribution in [0.25, 0.3) is 10.9 Å². The van der Waals surface area contributed by atoms with Crippen molar-refractivity contribution in [2.75, 3.05) is 23.0 Å². The van der Waals surface area contributed by atoms with Crippen LogP contribution in [0.15, 0.2) is 63.4 Å². The fourth-order valence-corrected chi connectivity index (χ4v) is 5.10. The summed E-state index contributed by atoms with van der Waals surface area (Å²) in [6.07, 6.45) is 0. The number of hydrogen-bond acceptors (Lipinski definition) is 5. The lowest BCUT2D eigenvalue weighted by molar-refractivity contribution is -0.116. The molecular weight excluding hydrogens is 378 g/mol. The van der Waals surface area contributed by atoms with Gasteiger partial charge in [0, 0.05) is 23.7 Å². The molecule has 0 bridgehead atoms. The molecule has 0 saturated heterocycles. The number of hydrogen-bond donors (Lipinski definition) is 0. The largest absolute Gasteiger partial charge is 0.310 e. The van der Waals surface area contributed by atoms with E-state index < -0.39 is 0 Å². The number of para-hydroxylation sites is 2. The van der Waals surface area contributed by atoms with Gasteiger partial charge in [-0.2, -0.15) is 0 Å². The van der Waals surface area contributed by atoms with E-state index in [1.165, 1.54) is 11.8 Å². The van der Waals surface area contributed by atoms with Gasteiger partial charge in [0.05, 0.1) is 22.3 Å². The predicted molar refractivity (Wildman–Crippen MR) is 112 cm³/mol. The monoisotopic (exact) mass is 397 g/mol. The molecule has 7 heteroatoms. The maximum atomic E-state index is 12.9. The maximum Gasteiger partial charge on any atom is 0.262 e. The van der Waals surface area contributed by atoms with Gasteiger partial charge in [-0.1, -0.05) is 36.0 Å². The van der Waals surface area contributed by atoms with Gasteiger partial charge in [0.25, 0.3) is 5.56 Å². The third-order valence-electron chi connectivity index (χ3n) is 4.50. The first-order valence-corrected chi connectivity index (χ1v) is 10.8. The summed E-state index contributed by atoms with van der Waals surface area (Å²) >= 11 is 3.11. The minimum atomic E-state index is -0.0576. The van der Waals surface area contributed by atoms with E-state index in [9.17, 15) is 9.59 Å². The van der Waals surface area contributed by atoms with Gasteiger partial charge < -0.3 is 4.90 Å². The summed E-state index contributed by atoms with van der Waals surface area (Å²) in [5.74, 6) is 1.18. The van der Waals surface area contributed by atoms with Gasteiger partial charge in [-0.05, 0) is 31.2 Å². The van der Waals surface area contributed by atoms with Crippen molar-refractivity contribution in [3.8, 4) is 0 Å². The molecule has 0 radical (unpaired) electrons. The van der Waals surface area contributed by atoms with Crippen LogP contribution >= 0.6 is 23.5 Å². The fourth-order valence-electron chi connectivity index (χ4n) is 3.17. The van der Waals surface area contributed by atoms with Gasteiger partial charge >= 0.3 is 0 Å². The first-order chi connectivity index (χ1) is 13.2.